The first-order chi connectivity index (χ1) is 9.06. The Bertz CT molecular complexity index is 630. The van der Waals surface area contributed by atoms with Crippen LogP contribution in [0.4, 0.5) is 0 Å². The number of aliphatic hydroxyl groups excluding tert-OH is 1. The Morgan fingerprint density at radius 1 is 1.53 bits per heavy atom. The quantitative estimate of drug-likeness (QED) is 0.398. The van der Waals surface area contributed by atoms with Crippen LogP contribution >= 0.6 is 0 Å². The first-order valence-corrected chi connectivity index (χ1v) is 5.70. The van der Waals surface area contributed by atoms with Gasteiger partial charge in [0.05, 0.1) is 30.6 Å². The van der Waals surface area contributed by atoms with Crippen LogP contribution in [0.25, 0.3) is 10.4 Å². The molecule has 9 heteroatoms. The lowest BCUT2D eigenvalue weighted by Gasteiger charge is -2.13. The maximum Gasteiger partial charge on any atom is 0.325 e. The highest BCUT2D eigenvalue weighted by molar-refractivity contribution is 5.18. The fraction of sp³-hybridized carbons (Fsp3) is 0.600. The smallest absolute Gasteiger partial charge is 0.325 e. The second-order valence-corrected chi connectivity index (χ2v) is 4.30. The van der Waals surface area contributed by atoms with Gasteiger partial charge in [-0.05, 0) is 18.9 Å². The molecule has 1 aliphatic rings. The molecular formula is C10H13N5O4. The second kappa shape index (κ2) is 5.27. The lowest BCUT2D eigenvalue weighted by molar-refractivity contribution is 0.00508. The molecule has 0 spiro atoms. The highest BCUT2D eigenvalue weighted by Gasteiger charge is 2.36. The number of H-pyrrole nitrogens is 2. The minimum Gasteiger partial charge on any atom is -0.394 e. The van der Waals surface area contributed by atoms with E-state index in [4.69, 9.17) is 15.4 Å². The molecule has 1 aliphatic heterocycles. The maximum absolute atomic E-state index is 11.5. The van der Waals surface area contributed by atoms with E-state index in [0.29, 0.717) is 17.7 Å². The third-order valence-electron chi connectivity index (χ3n) is 3.15. The standard InChI is InChI=1S/C10H13N5O4/c1-4-8(12-10(18)13-9(4)17)6-2-5(14-15-11)7(3-16)19-6/h5-7,16H,2-3H2,1H3,(H2,12,13,17,18)/t5-,6+,7+/m0/s1. The molecule has 3 atom stereocenters. The first kappa shape index (κ1) is 13.3. The van der Waals surface area contributed by atoms with Gasteiger partial charge in [-0.2, -0.15) is 0 Å². The lowest BCUT2D eigenvalue weighted by atomic mass is 10.1. The zero-order valence-corrected chi connectivity index (χ0v) is 10.2. The van der Waals surface area contributed by atoms with Crippen molar-refractivity contribution in [1.29, 1.82) is 0 Å². The molecule has 1 saturated heterocycles. The number of hydrogen-bond acceptors (Lipinski definition) is 5. The third-order valence-corrected chi connectivity index (χ3v) is 3.15. The number of azide groups is 1. The average molecular weight is 267 g/mol. The number of nitrogens with one attached hydrogen (secondary N) is 2. The monoisotopic (exact) mass is 267 g/mol. The van der Waals surface area contributed by atoms with E-state index in [1.807, 2.05) is 0 Å². The van der Waals surface area contributed by atoms with Crippen molar-refractivity contribution in [3.05, 3.63) is 42.5 Å². The van der Waals surface area contributed by atoms with Crippen molar-refractivity contribution in [3.63, 3.8) is 0 Å². The van der Waals surface area contributed by atoms with Gasteiger partial charge in [0, 0.05) is 10.5 Å². The molecule has 3 N–H and O–H groups in total. The van der Waals surface area contributed by atoms with Gasteiger partial charge in [-0.25, -0.2) is 4.79 Å². The Balaban J connectivity index is 2.37. The largest absolute Gasteiger partial charge is 0.394 e. The van der Waals surface area contributed by atoms with E-state index in [1.54, 1.807) is 6.92 Å². The van der Waals surface area contributed by atoms with Gasteiger partial charge in [-0.15, -0.1) is 0 Å². The van der Waals surface area contributed by atoms with Crippen molar-refractivity contribution in [1.82, 2.24) is 9.97 Å². The summed E-state index contributed by atoms with van der Waals surface area (Å²) in [7, 11) is 0. The van der Waals surface area contributed by atoms with Crippen molar-refractivity contribution >= 4 is 0 Å². The van der Waals surface area contributed by atoms with Crippen LogP contribution in [0.15, 0.2) is 14.7 Å². The summed E-state index contributed by atoms with van der Waals surface area (Å²) in [5.74, 6) is 0. The number of aromatic amines is 2. The van der Waals surface area contributed by atoms with Crippen LogP contribution in [0.3, 0.4) is 0 Å². The second-order valence-electron chi connectivity index (χ2n) is 4.30. The number of aromatic nitrogens is 2. The fourth-order valence-electron chi connectivity index (χ4n) is 2.16. The van der Waals surface area contributed by atoms with E-state index in [9.17, 15) is 9.59 Å². The van der Waals surface area contributed by atoms with E-state index in [0.717, 1.165) is 0 Å². The minimum atomic E-state index is -0.636. The van der Waals surface area contributed by atoms with Gasteiger partial charge in [0.15, 0.2) is 0 Å². The predicted molar refractivity (Wildman–Crippen MR) is 64.7 cm³/mol. The molecule has 102 valence electrons. The Morgan fingerprint density at radius 2 is 2.26 bits per heavy atom. The summed E-state index contributed by atoms with van der Waals surface area (Å²) in [4.78, 5) is 30.1. The molecule has 0 bridgehead atoms. The molecule has 9 nitrogen and oxygen atoms in total. The summed E-state index contributed by atoms with van der Waals surface area (Å²) >= 11 is 0. The molecule has 1 aromatic rings. The van der Waals surface area contributed by atoms with E-state index in [-0.39, 0.29) is 6.61 Å². The van der Waals surface area contributed by atoms with Crippen LogP contribution in [0.5, 0.6) is 0 Å². The van der Waals surface area contributed by atoms with E-state index >= 15 is 0 Å². The topological polar surface area (TPSA) is 144 Å². The summed E-state index contributed by atoms with van der Waals surface area (Å²) in [6.07, 6.45) is -0.916. The molecule has 0 amide bonds. The van der Waals surface area contributed by atoms with Gasteiger partial charge < -0.3 is 14.8 Å². The van der Waals surface area contributed by atoms with Crippen LogP contribution < -0.4 is 11.2 Å². The summed E-state index contributed by atoms with van der Waals surface area (Å²) in [5.41, 5.74) is 8.02. The Labute approximate surface area is 106 Å². The number of nitrogens with zero attached hydrogens (tertiary/aromatic N) is 3. The Kier molecular flexibility index (Phi) is 3.70. The van der Waals surface area contributed by atoms with Gasteiger partial charge in [-0.3, -0.25) is 9.78 Å². The lowest BCUT2D eigenvalue weighted by Crippen LogP contribution is -2.28. The number of rotatable bonds is 3. The van der Waals surface area contributed by atoms with Crippen LogP contribution in [-0.2, 0) is 4.74 Å². The molecule has 0 unspecified atom stereocenters. The number of hydrogen-bond donors (Lipinski definition) is 3. The summed E-state index contributed by atoms with van der Waals surface area (Å²) < 4.78 is 5.51. The molecule has 1 fully saturated rings. The highest BCUT2D eigenvalue weighted by Crippen LogP contribution is 2.34. The Morgan fingerprint density at radius 3 is 2.89 bits per heavy atom. The molecule has 1 aromatic heterocycles. The zero-order valence-electron chi connectivity index (χ0n) is 10.2. The van der Waals surface area contributed by atoms with Crippen molar-refractivity contribution in [2.75, 3.05) is 6.61 Å². The zero-order chi connectivity index (χ0) is 14.0. The van der Waals surface area contributed by atoms with Crippen LogP contribution in [0.2, 0.25) is 0 Å². The van der Waals surface area contributed by atoms with Crippen LogP contribution in [-0.4, -0.2) is 33.8 Å². The molecule has 2 rings (SSSR count). The first-order valence-electron chi connectivity index (χ1n) is 5.70. The van der Waals surface area contributed by atoms with Crippen molar-refractivity contribution < 1.29 is 9.84 Å². The molecule has 0 aliphatic carbocycles. The van der Waals surface area contributed by atoms with E-state index in [1.165, 1.54) is 0 Å². The summed E-state index contributed by atoms with van der Waals surface area (Å²) in [6.45, 7) is 1.26. The number of ether oxygens (including phenoxy) is 1. The van der Waals surface area contributed by atoms with Crippen molar-refractivity contribution in [2.45, 2.75) is 31.6 Å². The van der Waals surface area contributed by atoms with Gasteiger partial charge >= 0.3 is 5.69 Å². The van der Waals surface area contributed by atoms with Gasteiger partial charge in [0.1, 0.15) is 0 Å². The molecule has 2 heterocycles. The molecular weight excluding hydrogens is 254 g/mol. The van der Waals surface area contributed by atoms with Crippen LogP contribution in [0, 0.1) is 6.92 Å². The molecule has 19 heavy (non-hydrogen) atoms. The minimum absolute atomic E-state index is 0.299. The number of aliphatic hydroxyl groups is 1. The van der Waals surface area contributed by atoms with Crippen molar-refractivity contribution in [3.8, 4) is 0 Å². The Hall–Kier alpha value is -2.09. The molecule has 0 aromatic carbocycles. The predicted octanol–water partition coefficient (Wildman–Crippen LogP) is -0.127. The van der Waals surface area contributed by atoms with Crippen molar-refractivity contribution in [2.24, 2.45) is 5.11 Å². The van der Waals surface area contributed by atoms with E-state index in [2.05, 4.69) is 20.0 Å². The highest BCUT2D eigenvalue weighted by atomic mass is 16.5. The summed E-state index contributed by atoms with van der Waals surface area (Å²) in [5, 5.41) is 12.7. The average Bonchev–Trinajstić information content (AvgIpc) is 2.77. The SMILES string of the molecule is Cc1c([C@H]2C[C@H](N=[N+]=[N-])[C@@H](CO)O2)[nH]c(=O)[nH]c1=O. The molecule has 0 radical (unpaired) electrons. The summed E-state index contributed by atoms with van der Waals surface area (Å²) in [6, 6.07) is -0.526. The van der Waals surface area contributed by atoms with Crippen LogP contribution in [0.1, 0.15) is 23.8 Å². The normalized spacial score (nSPS) is 26.1. The van der Waals surface area contributed by atoms with E-state index < -0.39 is 29.5 Å². The fourth-order valence-corrected chi connectivity index (χ4v) is 2.16. The van der Waals surface area contributed by atoms with Gasteiger partial charge in [0.2, 0.25) is 0 Å². The van der Waals surface area contributed by atoms with Gasteiger partial charge in [0.25, 0.3) is 5.56 Å². The third kappa shape index (κ3) is 2.53. The molecule has 0 saturated carbocycles. The van der Waals surface area contributed by atoms with Gasteiger partial charge in [-0.1, -0.05) is 5.11 Å². The maximum atomic E-state index is 11.5.